The average molecular weight is 233 g/mol. The maximum Gasteiger partial charge on any atom is 0.330 e. The van der Waals surface area contributed by atoms with Crippen LogP contribution in [-0.4, -0.2) is 17.6 Å². The number of pyridine rings is 1. The van der Waals surface area contributed by atoms with Crippen LogP contribution in [0.15, 0.2) is 29.8 Å². The molecule has 0 saturated heterocycles. The summed E-state index contributed by atoms with van der Waals surface area (Å²) in [5.74, 6) is -0.262. The van der Waals surface area contributed by atoms with Crippen molar-refractivity contribution in [3.8, 4) is 0 Å². The third-order valence-corrected chi connectivity index (χ3v) is 2.17. The van der Waals surface area contributed by atoms with Gasteiger partial charge in [0.2, 0.25) is 0 Å². The molecular formula is C14H19NO2. The molecule has 0 aliphatic rings. The number of esters is 1. The van der Waals surface area contributed by atoms with E-state index in [-0.39, 0.29) is 5.97 Å². The molecule has 1 aromatic heterocycles. The van der Waals surface area contributed by atoms with Crippen LogP contribution in [0.2, 0.25) is 0 Å². The topological polar surface area (TPSA) is 39.2 Å². The zero-order valence-corrected chi connectivity index (χ0v) is 10.7. The highest BCUT2D eigenvalue weighted by Crippen LogP contribution is 2.02. The van der Waals surface area contributed by atoms with E-state index < -0.39 is 0 Å². The minimum absolute atomic E-state index is 0.262. The molecule has 0 amide bonds. The van der Waals surface area contributed by atoms with Gasteiger partial charge in [-0.1, -0.05) is 11.6 Å². The Morgan fingerprint density at radius 1 is 1.41 bits per heavy atom. The number of hydrogen-bond donors (Lipinski definition) is 0. The molecular weight excluding hydrogens is 214 g/mol. The lowest BCUT2D eigenvalue weighted by Crippen LogP contribution is -2.04. The summed E-state index contributed by atoms with van der Waals surface area (Å²) < 4.78 is 5.06. The summed E-state index contributed by atoms with van der Waals surface area (Å²) in [6.45, 7) is 6.16. The fourth-order valence-corrected chi connectivity index (χ4v) is 1.44. The molecule has 0 radical (unpaired) electrons. The first-order valence-electron chi connectivity index (χ1n) is 5.82. The summed E-state index contributed by atoms with van der Waals surface area (Å²) in [4.78, 5) is 15.6. The van der Waals surface area contributed by atoms with Crippen LogP contribution in [0.3, 0.4) is 0 Å². The van der Waals surface area contributed by atoms with E-state index in [2.05, 4.69) is 4.98 Å². The summed E-state index contributed by atoms with van der Waals surface area (Å²) in [5, 5.41) is 0. The van der Waals surface area contributed by atoms with Gasteiger partial charge in [-0.15, -0.1) is 0 Å². The first kappa shape index (κ1) is 13.4. The van der Waals surface area contributed by atoms with Crippen molar-refractivity contribution in [2.45, 2.75) is 33.6 Å². The predicted molar refractivity (Wildman–Crippen MR) is 67.7 cm³/mol. The van der Waals surface area contributed by atoms with Crippen molar-refractivity contribution in [3.05, 3.63) is 41.2 Å². The number of aromatic nitrogens is 1. The van der Waals surface area contributed by atoms with E-state index in [9.17, 15) is 4.79 Å². The normalized spacial score (nSPS) is 9.82. The molecule has 0 aliphatic carbocycles. The second-order valence-electron chi connectivity index (χ2n) is 4.26. The first-order valence-corrected chi connectivity index (χ1v) is 5.82. The zero-order valence-electron chi connectivity index (χ0n) is 10.7. The van der Waals surface area contributed by atoms with Gasteiger partial charge in [0.15, 0.2) is 0 Å². The van der Waals surface area contributed by atoms with Crippen LogP contribution in [-0.2, 0) is 16.0 Å². The van der Waals surface area contributed by atoms with Crippen molar-refractivity contribution in [2.75, 3.05) is 6.61 Å². The third kappa shape index (κ3) is 5.85. The SMILES string of the molecule is CC(C)=CC(=O)OCCCc1cccc(C)n1. The van der Waals surface area contributed by atoms with E-state index in [1.54, 1.807) is 0 Å². The largest absolute Gasteiger partial charge is 0.463 e. The molecule has 0 aromatic carbocycles. The number of carbonyl (C=O) groups is 1. The number of rotatable bonds is 5. The minimum atomic E-state index is -0.262. The van der Waals surface area contributed by atoms with Gasteiger partial charge in [-0.3, -0.25) is 4.98 Å². The summed E-state index contributed by atoms with van der Waals surface area (Å²) in [6.07, 6.45) is 3.15. The van der Waals surface area contributed by atoms with E-state index in [4.69, 9.17) is 4.74 Å². The van der Waals surface area contributed by atoms with Gasteiger partial charge < -0.3 is 4.74 Å². The maximum atomic E-state index is 11.2. The van der Waals surface area contributed by atoms with Crippen molar-refractivity contribution < 1.29 is 9.53 Å². The van der Waals surface area contributed by atoms with E-state index in [1.807, 2.05) is 39.0 Å². The van der Waals surface area contributed by atoms with E-state index >= 15 is 0 Å². The van der Waals surface area contributed by atoms with Crippen LogP contribution in [0.5, 0.6) is 0 Å². The van der Waals surface area contributed by atoms with Gasteiger partial charge >= 0.3 is 5.97 Å². The lowest BCUT2D eigenvalue weighted by molar-refractivity contribution is -0.137. The van der Waals surface area contributed by atoms with E-state index in [1.165, 1.54) is 6.08 Å². The van der Waals surface area contributed by atoms with Crippen molar-refractivity contribution in [3.63, 3.8) is 0 Å². The number of hydrogen-bond acceptors (Lipinski definition) is 3. The fourth-order valence-electron chi connectivity index (χ4n) is 1.44. The van der Waals surface area contributed by atoms with Crippen LogP contribution < -0.4 is 0 Å². The Kier molecular flexibility index (Phi) is 5.40. The molecule has 1 rings (SSSR count). The van der Waals surface area contributed by atoms with Crippen molar-refractivity contribution in [1.82, 2.24) is 4.98 Å². The summed E-state index contributed by atoms with van der Waals surface area (Å²) in [7, 11) is 0. The average Bonchev–Trinajstić information content (AvgIpc) is 2.23. The van der Waals surface area contributed by atoms with E-state index in [0.717, 1.165) is 29.8 Å². The molecule has 3 nitrogen and oxygen atoms in total. The Labute approximate surface area is 103 Å². The molecule has 0 fully saturated rings. The Bertz CT molecular complexity index is 406. The van der Waals surface area contributed by atoms with Gasteiger partial charge in [0.05, 0.1) is 6.61 Å². The van der Waals surface area contributed by atoms with E-state index in [0.29, 0.717) is 6.61 Å². The van der Waals surface area contributed by atoms with Crippen LogP contribution in [0.4, 0.5) is 0 Å². The van der Waals surface area contributed by atoms with Crippen LogP contribution in [0.1, 0.15) is 31.7 Å². The van der Waals surface area contributed by atoms with Gasteiger partial charge in [-0.2, -0.15) is 0 Å². The number of allylic oxidation sites excluding steroid dienone is 1. The molecule has 0 unspecified atom stereocenters. The highest BCUT2D eigenvalue weighted by atomic mass is 16.5. The Morgan fingerprint density at radius 3 is 2.82 bits per heavy atom. The number of carbonyl (C=O) groups excluding carboxylic acids is 1. The quantitative estimate of drug-likeness (QED) is 0.446. The predicted octanol–water partition coefficient (Wildman–Crippen LogP) is 2.83. The molecule has 0 bridgehead atoms. The van der Waals surface area contributed by atoms with Crippen LogP contribution in [0.25, 0.3) is 0 Å². The lowest BCUT2D eigenvalue weighted by Gasteiger charge is -2.03. The fraction of sp³-hybridized carbons (Fsp3) is 0.429. The molecule has 0 spiro atoms. The maximum absolute atomic E-state index is 11.2. The van der Waals surface area contributed by atoms with Crippen LogP contribution in [0, 0.1) is 6.92 Å². The van der Waals surface area contributed by atoms with Crippen LogP contribution >= 0.6 is 0 Å². The Hall–Kier alpha value is -1.64. The molecule has 0 aliphatic heterocycles. The van der Waals surface area contributed by atoms with Crippen molar-refractivity contribution in [1.29, 1.82) is 0 Å². The second-order valence-corrected chi connectivity index (χ2v) is 4.26. The smallest absolute Gasteiger partial charge is 0.330 e. The van der Waals surface area contributed by atoms with Gasteiger partial charge in [0, 0.05) is 17.5 Å². The molecule has 0 N–H and O–H groups in total. The number of nitrogens with zero attached hydrogens (tertiary/aromatic N) is 1. The highest BCUT2D eigenvalue weighted by molar-refractivity contribution is 5.82. The lowest BCUT2D eigenvalue weighted by atomic mass is 10.2. The molecule has 17 heavy (non-hydrogen) atoms. The standard InChI is InChI=1S/C14H19NO2/c1-11(2)10-14(16)17-9-5-8-13-7-4-6-12(3)15-13/h4,6-7,10H,5,8-9H2,1-3H3. The molecule has 1 heterocycles. The zero-order chi connectivity index (χ0) is 12.7. The van der Waals surface area contributed by atoms with Crippen molar-refractivity contribution >= 4 is 5.97 Å². The number of aryl methyl sites for hydroxylation is 2. The Balaban J connectivity index is 2.25. The first-order chi connectivity index (χ1) is 8.08. The highest BCUT2D eigenvalue weighted by Gasteiger charge is 1.99. The number of ether oxygens (including phenoxy) is 1. The molecule has 1 aromatic rings. The van der Waals surface area contributed by atoms with Crippen molar-refractivity contribution in [2.24, 2.45) is 0 Å². The Morgan fingerprint density at radius 2 is 2.18 bits per heavy atom. The molecule has 0 saturated carbocycles. The van der Waals surface area contributed by atoms with Gasteiger partial charge in [0.1, 0.15) is 0 Å². The third-order valence-electron chi connectivity index (χ3n) is 2.17. The molecule has 3 heteroatoms. The summed E-state index contributed by atoms with van der Waals surface area (Å²) in [6, 6.07) is 5.95. The summed E-state index contributed by atoms with van der Waals surface area (Å²) in [5.41, 5.74) is 3.02. The monoisotopic (exact) mass is 233 g/mol. The van der Waals surface area contributed by atoms with Gasteiger partial charge in [0.25, 0.3) is 0 Å². The minimum Gasteiger partial charge on any atom is -0.463 e. The molecule has 92 valence electrons. The second kappa shape index (κ2) is 6.84. The van der Waals surface area contributed by atoms with Gasteiger partial charge in [-0.25, -0.2) is 4.79 Å². The molecule has 0 atom stereocenters. The summed E-state index contributed by atoms with van der Waals surface area (Å²) >= 11 is 0. The van der Waals surface area contributed by atoms with Gasteiger partial charge in [-0.05, 0) is 45.7 Å².